The third-order valence-corrected chi connectivity index (χ3v) is 5.77. The number of ether oxygens (including phenoxy) is 3. The maximum Gasteiger partial charge on any atom is 0.273 e. The summed E-state index contributed by atoms with van der Waals surface area (Å²) in [5.74, 6) is 0.620. The van der Waals surface area contributed by atoms with Gasteiger partial charge in [-0.05, 0) is 31.2 Å². The van der Waals surface area contributed by atoms with Gasteiger partial charge in [-0.25, -0.2) is 9.50 Å². The molecule has 0 aliphatic carbocycles. The van der Waals surface area contributed by atoms with E-state index in [2.05, 4.69) is 31.0 Å². The lowest BCUT2D eigenvalue weighted by Gasteiger charge is -2.15. The third-order valence-electron chi connectivity index (χ3n) is 5.77. The van der Waals surface area contributed by atoms with E-state index in [1.165, 1.54) is 4.52 Å². The van der Waals surface area contributed by atoms with Crippen molar-refractivity contribution in [1.82, 2.24) is 24.9 Å². The number of carbonyl (C=O) groups is 1. The van der Waals surface area contributed by atoms with Crippen molar-refractivity contribution >= 4 is 28.7 Å². The Hall–Kier alpha value is -4.22. The van der Waals surface area contributed by atoms with Crippen LogP contribution in [-0.2, 0) is 9.47 Å². The molecule has 36 heavy (non-hydrogen) atoms. The Morgan fingerprint density at radius 3 is 2.69 bits per heavy atom. The van der Waals surface area contributed by atoms with Crippen LogP contribution >= 0.6 is 0 Å². The minimum Gasteiger partial charge on any atom is -0.494 e. The van der Waals surface area contributed by atoms with Crippen molar-refractivity contribution < 1.29 is 19.0 Å². The molecule has 4 aromatic rings. The topological polar surface area (TPSA) is 124 Å². The molecule has 11 nitrogen and oxygen atoms in total. The predicted molar refractivity (Wildman–Crippen MR) is 135 cm³/mol. The van der Waals surface area contributed by atoms with Crippen LogP contribution in [-0.4, -0.2) is 59.4 Å². The second-order valence-corrected chi connectivity index (χ2v) is 7.96. The Labute approximate surface area is 207 Å². The summed E-state index contributed by atoms with van der Waals surface area (Å²) in [7, 11) is 3.38. The van der Waals surface area contributed by atoms with E-state index in [1.54, 1.807) is 32.6 Å². The minimum absolute atomic E-state index is 0.287. The van der Waals surface area contributed by atoms with Crippen molar-refractivity contribution in [2.24, 2.45) is 0 Å². The summed E-state index contributed by atoms with van der Waals surface area (Å²) < 4.78 is 18.4. The number of fused-ring (bicyclic) bond motifs is 1. The Morgan fingerprint density at radius 2 is 2.00 bits per heavy atom. The molecule has 186 valence electrons. The number of pyridine rings is 1. The number of carbonyl (C=O) groups excluding carboxylic acids is 1. The molecule has 11 heteroatoms. The maximum atomic E-state index is 13.0. The summed E-state index contributed by atoms with van der Waals surface area (Å²) in [6.07, 6.45) is 2.97. The van der Waals surface area contributed by atoms with Crippen LogP contribution in [0.25, 0.3) is 16.9 Å². The fraction of sp³-hybridized carbons (Fsp3) is 0.280. The van der Waals surface area contributed by atoms with Crippen LogP contribution in [0, 0.1) is 0 Å². The van der Waals surface area contributed by atoms with Crippen LogP contribution in [0.2, 0.25) is 0 Å². The highest BCUT2D eigenvalue weighted by Crippen LogP contribution is 2.38. The molecule has 1 fully saturated rings. The van der Waals surface area contributed by atoms with Crippen molar-refractivity contribution in [2.45, 2.75) is 13.2 Å². The number of methoxy groups -OCH3 is 1. The molecular weight excluding hydrogens is 462 g/mol. The lowest BCUT2D eigenvalue weighted by atomic mass is 10.1. The number of nitrogens with zero attached hydrogens (tertiary/aromatic N) is 4. The van der Waals surface area contributed by atoms with E-state index in [4.69, 9.17) is 14.2 Å². The predicted octanol–water partition coefficient (Wildman–Crippen LogP) is 3.38. The molecule has 1 aromatic carbocycles. The smallest absolute Gasteiger partial charge is 0.273 e. The Balaban J connectivity index is 1.54. The average molecular weight is 490 g/mol. The van der Waals surface area contributed by atoms with Gasteiger partial charge in [0.25, 0.3) is 5.91 Å². The molecule has 0 radical (unpaired) electrons. The molecule has 0 saturated carbocycles. The highest BCUT2D eigenvalue weighted by atomic mass is 16.7. The van der Waals surface area contributed by atoms with Gasteiger partial charge in [0.05, 0.1) is 43.6 Å². The fourth-order valence-electron chi connectivity index (χ4n) is 4.12. The third kappa shape index (κ3) is 4.30. The van der Waals surface area contributed by atoms with Gasteiger partial charge >= 0.3 is 0 Å². The summed E-state index contributed by atoms with van der Waals surface area (Å²) in [6, 6.07) is 11.3. The average Bonchev–Trinajstić information content (AvgIpc) is 3.57. The number of hydrogen-bond acceptors (Lipinski definition) is 9. The van der Waals surface area contributed by atoms with E-state index in [9.17, 15) is 4.79 Å². The lowest BCUT2D eigenvalue weighted by molar-refractivity contribution is -0.0443. The van der Waals surface area contributed by atoms with Gasteiger partial charge in [-0.1, -0.05) is 12.1 Å². The number of aromatic nitrogens is 4. The van der Waals surface area contributed by atoms with Gasteiger partial charge in [0.15, 0.2) is 29.2 Å². The monoisotopic (exact) mass is 489 g/mol. The first kappa shape index (κ1) is 23.5. The number of rotatable bonds is 8. The number of anilines is 3. The second kappa shape index (κ2) is 10.2. The summed E-state index contributed by atoms with van der Waals surface area (Å²) in [5.41, 5.74) is 4.53. The lowest BCUT2D eigenvalue weighted by Crippen LogP contribution is -2.25. The standard InChI is InChI=1S/C25H27N7O4/c1-4-27-24(33)20-22(31-23-19(26-2)10-11-29-32(20)23)30-18-7-5-6-16(21(18)34-3)17-9-8-15(14-28-17)25-35-12-13-36-25/h5-11,14,25-26,30H,4,12-13H2,1-3H3,(H,27,33). The molecule has 3 N–H and O–H groups in total. The van der Waals surface area contributed by atoms with E-state index in [-0.39, 0.29) is 17.9 Å². The van der Waals surface area contributed by atoms with Gasteiger partial charge in [0, 0.05) is 30.9 Å². The van der Waals surface area contributed by atoms with Crippen molar-refractivity contribution in [3.63, 3.8) is 0 Å². The van der Waals surface area contributed by atoms with Crippen molar-refractivity contribution in [3.8, 4) is 17.0 Å². The first-order valence-corrected chi connectivity index (χ1v) is 11.6. The van der Waals surface area contributed by atoms with E-state index in [1.807, 2.05) is 37.3 Å². The molecule has 0 spiro atoms. The summed E-state index contributed by atoms with van der Waals surface area (Å²) in [5, 5.41) is 13.6. The van der Waals surface area contributed by atoms with Crippen molar-refractivity contribution in [1.29, 1.82) is 0 Å². The van der Waals surface area contributed by atoms with Crippen LogP contribution in [0.1, 0.15) is 29.3 Å². The molecule has 1 amide bonds. The maximum absolute atomic E-state index is 13.0. The van der Waals surface area contributed by atoms with Crippen LogP contribution in [0.15, 0.2) is 48.8 Å². The molecule has 4 heterocycles. The Kier molecular flexibility index (Phi) is 6.65. The number of benzene rings is 1. The molecule has 5 rings (SSSR count). The minimum atomic E-state index is -0.389. The normalized spacial score (nSPS) is 13.6. The molecule has 0 atom stereocenters. The first-order valence-electron chi connectivity index (χ1n) is 11.6. The van der Waals surface area contributed by atoms with E-state index < -0.39 is 0 Å². The summed E-state index contributed by atoms with van der Waals surface area (Å²) in [6.45, 7) is 3.46. The molecule has 1 aliphatic heterocycles. The fourth-order valence-corrected chi connectivity index (χ4v) is 4.12. The largest absolute Gasteiger partial charge is 0.494 e. The highest BCUT2D eigenvalue weighted by molar-refractivity contribution is 6.00. The highest BCUT2D eigenvalue weighted by Gasteiger charge is 2.24. The number of amides is 1. The SMILES string of the molecule is CCNC(=O)c1c(Nc2cccc(-c3ccc(C4OCCO4)cn3)c2OC)nc2c(NC)ccnn12. The van der Waals surface area contributed by atoms with Crippen LogP contribution in [0.3, 0.4) is 0 Å². The van der Waals surface area contributed by atoms with E-state index >= 15 is 0 Å². The molecule has 0 bridgehead atoms. The first-order chi connectivity index (χ1) is 17.6. The zero-order valence-corrected chi connectivity index (χ0v) is 20.2. The van der Waals surface area contributed by atoms with E-state index in [0.717, 1.165) is 22.5 Å². The van der Waals surface area contributed by atoms with Crippen LogP contribution in [0.4, 0.5) is 17.2 Å². The Morgan fingerprint density at radius 1 is 1.17 bits per heavy atom. The molecule has 1 aliphatic rings. The quantitative estimate of drug-likeness (QED) is 0.342. The zero-order chi connectivity index (χ0) is 25.1. The van der Waals surface area contributed by atoms with Gasteiger partial charge in [-0.3, -0.25) is 9.78 Å². The molecule has 1 saturated heterocycles. The van der Waals surface area contributed by atoms with Gasteiger partial charge in [-0.15, -0.1) is 0 Å². The number of imidazole rings is 1. The van der Waals surface area contributed by atoms with Gasteiger partial charge < -0.3 is 30.2 Å². The zero-order valence-electron chi connectivity index (χ0n) is 20.2. The van der Waals surface area contributed by atoms with Gasteiger partial charge in [-0.2, -0.15) is 5.10 Å². The summed E-state index contributed by atoms with van der Waals surface area (Å²) in [4.78, 5) is 22.3. The van der Waals surface area contributed by atoms with Crippen LogP contribution < -0.4 is 20.7 Å². The van der Waals surface area contributed by atoms with Gasteiger partial charge in [0.2, 0.25) is 0 Å². The van der Waals surface area contributed by atoms with Crippen molar-refractivity contribution in [2.75, 3.05) is 44.5 Å². The van der Waals surface area contributed by atoms with E-state index in [0.29, 0.717) is 42.7 Å². The second-order valence-electron chi connectivity index (χ2n) is 7.96. The summed E-state index contributed by atoms with van der Waals surface area (Å²) >= 11 is 0. The van der Waals surface area contributed by atoms with Crippen LogP contribution in [0.5, 0.6) is 5.75 Å². The molecule has 0 unspecified atom stereocenters. The number of para-hydroxylation sites is 1. The Bertz CT molecular complexity index is 1380. The number of hydrogen-bond donors (Lipinski definition) is 3. The molecule has 3 aromatic heterocycles. The number of nitrogens with one attached hydrogen (secondary N) is 3. The van der Waals surface area contributed by atoms with Crippen molar-refractivity contribution in [3.05, 3.63) is 60.0 Å². The van der Waals surface area contributed by atoms with Gasteiger partial charge in [0.1, 0.15) is 0 Å². The molecular formula is C25H27N7O4.